The first kappa shape index (κ1) is 13.2. The molecule has 0 atom stereocenters. The maximum atomic E-state index is 10.7. The van der Waals surface area contributed by atoms with Gasteiger partial charge in [0.1, 0.15) is 0 Å². The van der Waals surface area contributed by atoms with Gasteiger partial charge >= 0.3 is 0 Å². The molecule has 1 N–H and O–H groups in total. The third-order valence-corrected chi connectivity index (χ3v) is 5.04. The number of nitro groups is 1. The van der Waals surface area contributed by atoms with E-state index in [1.54, 1.807) is 12.1 Å². The number of hydrogen-bond acceptors (Lipinski definition) is 4. The second kappa shape index (κ2) is 5.61. The molecule has 0 radical (unpaired) electrons. The van der Waals surface area contributed by atoms with Crippen LogP contribution in [0.2, 0.25) is 0 Å². The summed E-state index contributed by atoms with van der Waals surface area (Å²) in [5.41, 5.74) is 0.981. The minimum atomic E-state index is -0.356. The van der Waals surface area contributed by atoms with E-state index in [4.69, 9.17) is 0 Å². The van der Waals surface area contributed by atoms with Gasteiger partial charge in [-0.15, -0.1) is 0 Å². The summed E-state index contributed by atoms with van der Waals surface area (Å²) in [6.45, 7) is 0.884. The van der Waals surface area contributed by atoms with Crippen molar-refractivity contribution in [2.24, 2.45) is 0 Å². The first-order valence-electron chi connectivity index (χ1n) is 6.19. The molecule has 2 rings (SSSR count). The quantitative estimate of drug-likeness (QED) is 0.652. The summed E-state index contributed by atoms with van der Waals surface area (Å²) in [6.07, 6.45) is 7.20. The minimum absolute atomic E-state index is 0.143. The maximum absolute atomic E-state index is 10.7. The zero-order chi connectivity index (χ0) is 13.0. The maximum Gasteiger partial charge on any atom is 0.271 e. The number of thioether (sulfide) groups is 1. The summed E-state index contributed by atoms with van der Waals surface area (Å²) in [6, 6.07) is 6.73. The first-order chi connectivity index (χ1) is 8.65. The summed E-state index contributed by atoms with van der Waals surface area (Å²) < 4.78 is 0.310. The van der Waals surface area contributed by atoms with Crippen LogP contribution in [0.3, 0.4) is 0 Å². The van der Waals surface area contributed by atoms with Gasteiger partial charge in [-0.1, -0.05) is 18.9 Å². The topological polar surface area (TPSA) is 55.2 Å². The highest BCUT2D eigenvalue weighted by Gasteiger charge is 2.32. The lowest BCUT2D eigenvalue weighted by Crippen LogP contribution is -2.29. The number of nitrogens with one attached hydrogen (secondary N) is 1. The molecule has 1 aliphatic carbocycles. The number of benzene rings is 1. The molecule has 0 saturated heterocycles. The molecule has 0 unspecified atom stereocenters. The van der Waals surface area contributed by atoms with Crippen molar-refractivity contribution in [3.63, 3.8) is 0 Å². The van der Waals surface area contributed by atoms with Crippen LogP contribution in [0.25, 0.3) is 0 Å². The normalized spacial score (nSPS) is 17.6. The standard InChI is InChI=1S/C13H18N2O2S/c1-18-13(7-2-3-8-13)10-14-11-5-4-6-12(9-11)15(16)17/h4-6,9,14H,2-3,7-8,10H2,1H3. The van der Waals surface area contributed by atoms with E-state index in [1.807, 2.05) is 17.8 Å². The fourth-order valence-corrected chi connectivity index (χ4v) is 3.38. The van der Waals surface area contributed by atoms with Crippen molar-refractivity contribution in [1.29, 1.82) is 0 Å². The van der Waals surface area contributed by atoms with Crippen LogP contribution in [0, 0.1) is 10.1 Å². The first-order valence-corrected chi connectivity index (χ1v) is 7.41. The second-order valence-electron chi connectivity index (χ2n) is 4.76. The lowest BCUT2D eigenvalue weighted by Gasteiger charge is -2.27. The zero-order valence-electron chi connectivity index (χ0n) is 10.5. The summed E-state index contributed by atoms with van der Waals surface area (Å²) in [7, 11) is 0. The lowest BCUT2D eigenvalue weighted by molar-refractivity contribution is -0.384. The van der Waals surface area contributed by atoms with E-state index in [0.717, 1.165) is 12.2 Å². The van der Waals surface area contributed by atoms with Crippen molar-refractivity contribution in [3.8, 4) is 0 Å². The van der Waals surface area contributed by atoms with Crippen LogP contribution >= 0.6 is 11.8 Å². The van der Waals surface area contributed by atoms with Gasteiger partial charge in [-0.2, -0.15) is 11.8 Å². The SMILES string of the molecule is CSC1(CNc2cccc([N+](=O)[O-])c2)CCCC1. The Labute approximate surface area is 111 Å². The van der Waals surface area contributed by atoms with E-state index in [1.165, 1.54) is 31.7 Å². The number of anilines is 1. The molecule has 0 bridgehead atoms. The van der Waals surface area contributed by atoms with Gasteiger partial charge < -0.3 is 5.32 Å². The number of nitro benzene ring substituents is 1. The molecule has 0 spiro atoms. The lowest BCUT2D eigenvalue weighted by atomic mass is 10.1. The fourth-order valence-electron chi connectivity index (χ4n) is 2.46. The van der Waals surface area contributed by atoms with Gasteiger partial charge in [-0.25, -0.2) is 0 Å². The van der Waals surface area contributed by atoms with Crippen molar-refractivity contribution in [3.05, 3.63) is 34.4 Å². The fraction of sp³-hybridized carbons (Fsp3) is 0.538. The highest BCUT2D eigenvalue weighted by atomic mass is 32.2. The van der Waals surface area contributed by atoms with Crippen LogP contribution in [0.1, 0.15) is 25.7 Å². The Bertz CT molecular complexity index is 431. The van der Waals surface area contributed by atoms with Crippen molar-refractivity contribution in [2.45, 2.75) is 30.4 Å². The Morgan fingerprint density at radius 2 is 2.17 bits per heavy atom. The molecule has 18 heavy (non-hydrogen) atoms. The van der Waals surface area contributed by atoms with E-state index < -0.39 is 0 Å². The Hall–Kier alpha value is -1.23. The average Bonchev–Trinajstić information content (AvgIpc) is 2.86. The van der Waals surface area contributed by atoms with Gasteiger partial charge in [0.25, 0.3) is 5.69 Å². The third kappa shape index (κ3) is 2.96. The summed E-state index contributed by atoms with van der Waals surface area (Å²) in [5.74, 6) is 0. The molecule has 0 aliphatic heterocycles. The van der Waals surface area contributed by atoms with Crippen LogP contribution < -0.4 is 5.32 Å². The molecule has 0 heterocycles. The van der Waals surface area contributed by atoms with Crippen LogP contribution in [-0.2, 0) is 0 Å². The molecule has 1 fully saturated rings. The van der Waals surface area contributed by atoms with Gasteiger partial charge in [0.05, 0.1) is 4.92 Å². The number of nitrogens with zero attached hydrogens (tertiary/aromatic N) is 1. The van der Waals surface area contributed by atoms with Crippen LogP contribution in [0.4, 0.5) is 11.4 Å². The van der Waals surface area contributed by atoms with Gasteiger partial charge in [-0.3, -0.25) is 10.1 Å². The van der Waals surface area contributed by atoms with Crippen molar-refractivity contribution >= 4 is 23.1 Å². The molecule has 0 amide bonds. The Morgan fingerprint density at radius 1 is 1.44 bits per heavy atom. The molecular formula is C13H18N2O2S. The molecule has 5 heteroatoms. The summed E-state index contributed by atoms with van der Waals surface area (Å²) >= 11 is 1.91. The molecule has 0 aromatic heterocycles. The predicted molar refractivity (Wildman–Crippen MR) is 76.3 cm³/mol. The molecule has 4 nitrogen and oxygen atoms in total. The van der Waals surface area contributed by atoms with Crippen LogP contribution in [-0.4, -0.2) is 22.5 Å². The van der Waals surface area contributed by atoms with E-state index in [-0.39, 0.29) is 10.6 Å². The minimum Gasteiger partial charge on any atom is -0.383 e. The van der Waals surface area contributed by atoms with Crippen molar-refractivity contribution < 1.29 is 4.92 Å². The molecule has 1 saturated carbocycles. The van der Waals surface area contributed by atoms with Gasteiger partial charge in [0.15, 0.2) is 0 Å². The van der Waals surface area contributed by atoms with Crippen molar-refractivity contribution in [2.75, 3.05) is 18.1 Å². The molecule has 98 valence electrons. The number of rotatable bonds is 5. The largest absolute Gasteiger partial charge is 0.383 e. The highest BCUT2D eigenvalue weighted by molar-refractivity contribution is 8.00. The smallest absolute Gasteiger partial charge is 0.271 e. The van der Waals surface area contributed by atoms with Gasteiger partial charge in [-0.05, 0) is 25.2 Å². The highest BCUT2D eigenvalue weighted by Crippen LogP contribution is 2.40. The monoisotopic (exact) mass is 266 g/mol. The summed E-state index contributed by atoms with van der Waals surface area (Å²) in [5, 5.41) is 14.1. The van der Waals surface area contributed by atoms with E-state index >= 15 is 0 Å². The molecule has 1 aromatic carbocycles. The van der Waals surface area contributed by atoms with Gasteiger partial charge in [0, 0.05) is 29.1 Å². The third-order valence-electron chi connectivity index (χ3n) is 3.62. The van der Waals surface area contributed by atoms with Crippen LogP contribution in [0.15, 0.2) is 24.3 Å². The Balaban J connectivity index is 2.01. The predicted octanol–water partition coefficient (Wildman–Crippen LogP) is 3.68. The Morgan fingerprint density at radius 3 is 2.78 bits per heavy atom. The van der Waals surface area contributed by atoms with E-state index in [2.05, 4.69) is 11.6 Å². The number of non-ortho nitro benzene ring substituents is 1. The average molecular weight is 266 g/mol. The summed E-state index contributed by atoms with van der Waals surface area (Å²) in [4.78, 5) is 10.4. The number of hydrogen-bond donors (Lipinski definition) is 1. The van der Waals surface area contributed by atoms with Crippen molar-refractivity contribution in [1.82, 2.24) is 0 Å². The van der Waals surface area contributed by atoms with E-state index in [9.17, 15) is 10.1 Å². The molecule has 1 aromatic rings. The molecule has 1 aliphatic rings. The van der Waals surface area contributed by atoms with Gasteiger partial charge in [0.2, 0.25) is 0 Å². The zero-order valence-corrected chi connectivity index (χ0v) is 11.3. The second-order valence-corrected chi connectivity index (χ2v) is 6.03. The molecular weight excluding hydrogens is 248 g/mol. The van der Waals surface area contributed by atoms with Crippen LogP contribution in [0.5, 0.6) is 0 Å². The van der Waals surface area contributed by atoms with E-state index in [0.29, 0.717) is 4.75 Å². The Kier molecular flexibility index (Phi) is 4.11.